The topological polar surface area (TPSA) is 29.1 Å². The molecule has 2 nitrogen and oxygen atoms in total. The molecule has 1 fully saturated rings. The van der Waals surface area contributed by atoms with E-state index in [2.05, 4.69) is 21.2 Å². The van der Waals surface area contributed by atoms with Crippen LogP contribution in [0.4, 0.5) is 0 Å². The Bertz CT molecular complexity index is 366. The molecule has 0 bridgehead atoms. The minimum atomic E-state index is 0.134. The van der Waals surface area contributed by atoms with Crippen LogP contribution in [0.3, 0.4) is 0 Å². The lowest BCUT2D eigenvalue weighted by Crippen LogP contribution is -2.29. The molecule has 1 aliphatic rings. The first-order valence-corrected chi connectivity index (χ1v) is 7.10. The molecule has 1 N–H and O–H groups in total. The van der Waals surface area contributed by atoms with Crippen LogP contribution < -0.4 is 5.32 Å². The molecule has 0 radical (unpaired) electrons. The van der Waals surface area contributed by atoms with E-state index in [0.717, 1.165) is 12.1 Å². The summed E-state index contributed by atoms with van der Waals surface area (Å²) in [7, 11) is 0. The zero-order chi connectivity index (χ0) is 12.1. The summed E-state index contributed by atoms with van der Waals surface area (Å²) in [5, 5.41) is 3.03. The van der Waals surface area contributed by atoms with Crippen LogP contribution in [0.15, 0.2) is 30.3 Å². The van der Waals surface area contributed by atoms with Crippen LogP contribution in [-0.2, 0) is 11.2 Å². The quantitative estimate of drug-likeness (QED) is 0.850. The van der Waals surface area contributed by atoms with Crippen molar-refractivity contribution in [2.45, 2.75) is 30.5 Å². The third-order valence-corrected chi connectivity index (χ3v) is 4.10. The van der Waals surface area contributed by atoms with Gasteiger partial charge in [0.05, 0.1) is 6.42 Å². The highest BCUT2D eigenvalue weighted by Crippen LogP contribution is 2.29. The Hall–Kier alpha value is -0.830. The van der Waals surface area contributed by atoms with Crippen molar-refractivity contribution in [3.63, 3.8) is 0 Å². The van der Waals surface area contributed by atoms with Gasteiger partial charge in [0.25, 0.3) is 0 Å². The number of carbonyl (C=O) groups is 1. The van der Waals surface area contributed by atoms with Crippen molar-refractivity contribution in [3.8, 4) is 0 Å². The monoisotopic (exact) mass is 295 g/mol. The van der Waals surface area contributed by atoms with Gasteiger partial charge in [-0.3, -0.25) is 4.79 Å². The lowest BCUT2D eigenvalue weighted by Gasteiger charge is -2.10. The number of benzene rings is 1. The third kappa shape index (κ3) is 4.15. The number of nitrogens with one attached hydrogen (secondary N) is 1. The molecule has 2 rings (SSSR count). The van der Waals surface area contributed by atoms with E-state index < -0.39 is 0 Å². The molecule has 2 unspecified atom stereocenters. The van der Waals surface area contributed by atoms with Crippen molar-refractivity contribution in [3.05, 3.63) is 35.9 Å². The molecule has 0 spiro atoms. The Morgan fingerprint density at radius 3 is 2.71 bits per heavy atom. The van der Waals surface area contributed by atoms with Gasteiger partial charge in [-0.1, -0.05) is 46.3 Å². The van der Waals surface area contributed by atoms with Crippen molar-refractivity contribution >= 4 is 21.8 Å². The van der Waals surface area contributed by atoms with Gasteiger partial charge in [-0.15, -0.1) is 0 Å². The first kappa shape index (κ1) is 12.6. The maximum absolute atomic E-state index is 11.7. The van der Waals surface area contributed by atoms with Crippen LogP contribution in [0.2, 0.25) is 0 Å². The maximum Gasteiger partial charge on any atom is 0.224 e. The van der Waals surface area contributed by atoms with Gasteiger partial charge in [-0.05, 0) is 30.7 Å². The molecular weight excluding hydrogens is 278 g/mol. The molecule has 2 atom stereocenters. The van der Waals surface area contributed by atoms with Gasteiger partial charge >= 0.3 is 0 Å². The first-order chi connectivity index (χ1) is 8.24. The van der Waals surface area contributed by atoms with Gasteiger partial charge in [0.2, 0.25) is 5.91 Å². The highest BCUT2D eigenvalue weighted by molar-refractivity contribution is 9.09. The number of hydrogen-bond acceptors (Lipinski definition) is 1. The highest BCUT2D eigenvalue weighted by atomic mass is 79.9. The van der Waals surface area contributed by atoms with Crippen LogP contribution in [0.25, 0.3) is 0 Å². The van der Waals surface area contributed by atoms with Crippen LogP contribution in [0.5, 0.6) is 0 Å². The molecule has 1 aliphatic carbocycles. The van der Waals surface area contributed by atoms with E-state index in [4.69, 9.17) is 0 Å². The molecule has 17 heavy (non-hydrogen) atoms. The third-order valence-electron chi connectivity index (χ3n) is 3.27. The van der Waals surface area contributed by atoms with Crippen LogP contribution in [-0.4, -0.2) is 17.3 Å². The standard InChI is InChI=1S/C14H18BrNO/c15-13-7-6-12(8-13)10-16-14(17)9-11-4-2-1-3-5-11/h1-5,12-13H,6-10H2,(H,16,17). The summed E-state index contributed by atoms with van der Waals surface area (Å²) in [6.45, 7) is 0.827. The van der Waals surface area contributed by atoms with Crippen molar-refractivity contribution in [1.82, 2.24) is 5.32 Å². The molecule has 0 aliphatic heterocycles. The van der Waals surface area contributed by atoms with E-state index >= 15 is 0 Å². The fourth-order valence-corrected chi connectivity index (χ4v) is 3.09. The zero-order valence-corrected chi connectivity index (χ0v) is 11.4. The summed E-state index contributed by atoms with van der Waals surface area (Å²) in [6, 6.07) is 9.88. The molecule has 3 heteroatoms. The van der Waals surface area contributed by atoms with Gasteiger partial charge in [0.15, 0.2) is 0 Å². The second kappa shape index (κ2) is 6.20. The Labute approximate surface area is 111 Å². The predicted molar refractivity (Wildman–Crippen MR) is 73.2 cm³/mol. The summed E-state index contributed by atoms with van der Waals surface area (Å²) in [4.78, 5) is 12.4. The second-order valence-corrected chi connectivity index (χ2v) is 6.04. The molecule has 1 aromatic carbocycles. The minimum absolute atomic E-state index is 0.134. The Balaban J connectivity index is 1.71. The molecule has 0 aromatic heterocycles. The average Bonchev–Trinajstić information content (AvgIpc) is 2.74. The van der Waals surface area contributed by atoms with Crippen molar-refractivity contribution in [1.29, 1.82) is 0 Å². The van der Waals surface area contributed by atoms with Gasteiger partial charge < -0.3 is 5.32 Å². The van der Waals surface area contributed by atoms with E-state index in [0.29, 0.717) is 17.2 Å². The number of hydrogen-bond donors (Lipinski definition) is 1. The normalized spacial score (nSPS) is 23.6. The lowest BCUT2D eigenvalue weighted by atomic mass is 10.1. The van der Waals surface area contributed by atoms with E-state index in [9.17, 15) is 4.79 Å². The smallest absolute Gasteiger partial charge is 0.224 e. The van der Waals surface area contributed by atoms with Crippen LogP contribution in [0.1, 0.15) is 24.8 Å². The van der Waals surface area contributed by atoms with Crippen LogP contribution >= 0.6 is 15.9 Å². The van der Waals surface area contributed by atoms with E-state index in [1.54, 1.807) is 0 Å². The summed E-state index contributed by atoms with van der Waals surface area (Å²) < 4.78 is 0. The second-order valence-electron chi connectivity index (χ2n) is 4.74. The molecule has 1 aromatic rings. The van der Waals surface area contributed by atoms with Gasteiger partial charge in [-0.25, -0.2) is 0 Å². The Morgan fingerprint density at radius 2 is 2.06 bits per heavy atom. The average molecular weight is 296 g/mol. The molecule has 92 valence electrons. The fraction of sp³-hybridized carbons (Fsp3) is 0.500. The fourth-order valence-electron chi connectivity index (χ4n) is 2.30. The Morgan fingerprint density at radius 1 is 1.29 bits per heavy atom. The van der Waals surface area contributed by atoms with E-state index in [-0.39, 0.29) is 5.91 Å². The SMILES string of the molecule is O=C(Cc1ccccc1)NCC1CCC(Br)C1. The van der Waals surface area contributed by atoms with E-state index in [1.165, 1.54) is 19.3 Å². The number of carbonyl (C=O) groups excluding carboxylic acids is 1. The summed E-state index contributed by atoms with van der Waals surface area (Å²) >= 11 is 3.63. The van der Waals surface area contributed by atoms with Gasteiger partial charge in [0.1, 0.15) is 0 Å². The lowest BCUT2D eigenvalue weighted by molar-refractivity contribution is -0.120. The van der Waals surface area contributed by atoms with Crippen molar-refractivity contribution in [2.24, 2.45) is 5.92 Å². The minimum Gasteiger partial charge on any atom is -0.356 e. The summed E-state index contributed by atoms with van der Waals surface area (Å²) in [6.07, 6.45) is 4.14. The molecule has 0 heterocycles. The van der Waals surface area contributed by atoms with Crippen molar-refractivity contribution < 1.29 is 4.79 Å². The maximum atomic E-state index is 11.7. The number of rotatable bonds is 4. The van der Waals surface area contributed by atoms with Crippen molar-refractivity contribution in [2.75, 3.05) is 6.54 Å². The summed E-state index contributed by atoms with van der Waals surface area (Å²) in [5.74, 6) is 0.785. The number of halogens is 1. The Kier molecular flexibility index (Phi) is 4.60. The molecule has 1 saturated carbocycles. The van der Waals surface area contributed by atoms with Gasteiger partial charge in [-0.2, -0.15) is 0 Å². The molecular formula is C14H18BrNO. The highest BCUT2D eigenvalue weighted by Gasteiger charge is 2.22. The van der Waals surface area contributed by atoms with E-state index in [1.807, 2.05) is 30.3 Å². The molecule has 1 amide bonds. The number of amides is 1. The first-order valence-electron chi connectivity index (χ1n) is 6.18. The van der Waals surface area contributed by atoms with Crippen LogP contribution in [0, 0.1) is 5.92 Å². The molecule has 0 saturated heterocycles. The predicted octanol–water partition coefficient (Wildman–Crippen LogP) is 2.91. The van der Waals surface area contributed by atoms with Gasteiger partial charge in [0, 0.05) is 11.4 Å². The zero-order valence-electron chi connectivity index (χ0n) is 9.86. The largest absolute Gasteiger partial charge is 0.356 e. The summed E-state index contributed by atoms with van der Waals surface area (Å²) in [5.41, 5.74) is 1.08. The number of alkyl halides is 1.